The van der Waals surface area contributed by atoms with E-state index in [-0.39, 0.29) is 6.61 Å². The number of benzene rings is 1. The average molecular weight is 255 g/mol. The zero-order chi connectivity index (χ0) is 13.2. The third kappa shape index (κ3) is 2.04. The number of para-hydroxylation sites is 2. The molecule has 0 amide bonds. The molecule has 2 heterocycles. The largest absolute Gasteiger partial charge is 0.392 e. The van der Waals surface area contributed by atoms with Gasteiger partial charge in [0.15, 0.2) is 0 Å². The van der Waals surface area contributed by atoms with Crippen LogP contribution in [0.25, 0.3) is 0 Å². The fourth-order valence-corrected chi connectivity index (χ4v) is 2.55. The van der Waals surface area contributed by atoms with E-state index in [1.807, 2.05) is 18.3 Å². The predicted molar refractivity (Wildman–Crippen MR) is 76.9 cm³/mol. The number of aliphatic hydroxyl groups excluding tert-OH is 1. The number of anilines is 3. The van der Waals surface area contributed by atoms with Gasteiger partial charge >= 0.3 is 0 Å². The smallest absolute Gasteiger partial charge is 0.0703 e. The highest BCUT2D eigenvalue weighted by molar-refractivity contribution is 5.79. The Morgan fingerprint density at radius 3 is 2.68 bits per heavy atom. The van der Waals surface area contributed by atoms with Gasteiger partial charge in [0.2, 0.25) is 0 Å². The Morgan fingerprint density at radius 1 is 1.11 bits per heavy atom. The molecule has 0 saturated carbocycles. The van der Waals surface area contributed by atoms with Gasteiger partial charge in [0.25, 0.3) is 0 Å². The predicted octanol–water partition coefficient (Wildman–Crippen LogP) is 2.16. The molecule has 1 aliphatic heterocycles. The summed E-state index contributed by atoms with van der Waals surface area (Å²) < 4.78 is 0. The van der Waals surface area contributed by atoms with Crippen LogP contribution in [0.1, 0.15) is 5.56 Å². The summed E-state index contributed by atoms with van der Waals surface area (Å²) in [5, 5.41) is 9.48. The Labute approximate surface area is 112 Å². The van der Waals surface area contributed by atoms with Crippen molar-refractivity contribution in [3.63, 3.8) is 0 Å². The molecule has 4 heteroatoms. The summed E-state index contributed by atoms with van der Waals surface area (Å²) in [4.78, 5) is 8.67. The molecule has 0 saturated heterocycles. The highest BCUT2D eigenvalue weighted by atomic mass is 16.3. The quantitative estimate of drug-likeness (QED) is 0.892. The molecule has 1 N–H and O–H groups in total. The van der Waals surface area contributed by atoms with Crippen molar-refractivity contribution in [2.75, 3.05) is 29.9 Å². The molecular weight excluding hydrogens is 238 g/mol. The van der Waals surface area contributed by atoms with Gasteiger partial charge in [-0.2, -0.15) is 0 Å². The Morgan fingerprint density at radius 2 is 1.89 bits per heavy atom. The van der Waals surface area contributed by atoms with E-state index >= 15 is 0 Å². The van der Waals surface area contributed by atoms with E-state index in [0.717, 1.165) is 24.3 Å². The molecule has 0 bridgehead atoms. The first kappa shape index (κ1) is 12.0. The zero-order valence-corrected chi connectivity index (χ0v) is 11.0. The van der Waals surface area contributed by atoms with Crippen LogP contribution < -0.4 is 9.80 Å². The molecule has 98 valence electrons. The van der Waals surface area contributed by atoms with Crippen molar-refractivity contribution in [2.45, 2.75) is 6.61 Å². The van der Waals surface area contributed by atoms with E-state index in [0.29, 0.717) is 0 Å². The summed E-state index contributed by atoms with van der Waals surface area (Å²) in [6.07, 6.45) is 3.55. The van der Waals surface area contributed by atoms with Gasteiger partial charge in [-0.3, -0.25) is 4.98 Å². The minimum absolute atomic E-state index is 0.0341. The average Bonchev–Trinajstić information content (AvgIpc) is 2.48. The van der Waals surface area contributed by atoms with E-state index in [9.17, 15) is 5.11 Å². The second-order valence-corrected chi connectivity index (χ2v) is 4.72. The number of hydrogen-bond donors (Lipinski definition) is 1. The third-order valence-electron chi connectivity index (χ3n) is 3.59. The van der Waals surface area contributed by atoms with Crippen LogP contribution in [0, 0.1) is 0 Å². The van der Waals surface area contributed by atoms with Crippen LogP contribution in [0.15, 0.2) is 42.7 Å². The van der Waals surface area contributed by atoms with Crippen molar-refractivity contribution in [3.8, 4) is 0 Å². The van der Waals surface area contributed by atoms with Crippen LogP contribution in [0.5, 0.6) is 0 Å². The van der Waals surface area contributed by atoms with Crippen molar-refractivity contribution in [1.29, 1.82) is 0 Å². The third-order valence-corrected chi connectivity index (χ3v) is 3.59. The summed E-state index contributed by atoms with van der Waals surface area (Å²) in [7, 11) is 2.10. The fraction of sp³-hybridized carbons (Fsp3) is 0.267. The number of pyridine rings is 1. The monoisotopic (exact) mass is 255 g/mol. The van der Waals surface area contributed by atoms with Crippen LogP contribution in [0.3, 0.4) is 0 Å². The standard InChI is InChI=1S/C15H17N3O/c1-17-8-9-18(14-5-3-2-4-13(14)17)15-10-16-7-6-12(15)11-19/h2-7,10,19H,8-9,11H2,1H3. The topological polar surface area (TPSA) is 39.6 Å². The lowest BCUT2D eigenvalue weighted by atomic mass is 10.1. The van der Waals surface area contributed by atoms with Gasteiger partial charge in [-0.25, -0.2) is 0 Å². The van der Waals surface area contributed by atoms with E-state index in [1.165, 1.54) is 11.4 Å². The lowest BCUT2D eigenvalue weighted by molar-refractivity contribution is 0.282. The maximum Gasteiger partial charge on any atom is 0.0703 e. The second kappa shape index (κ2) is 4.90. The normalized spacial score (nSPS) is 14.4. The molecule has 0 spiro atoms. The lowest BCUT2D eigenvalue weighted by Crippen LogP contribution is -2.36. The van der Waals surface area contributed by atoms with Crippen LogP contribution in [-0.2, 0) is 6.61 Å². The number of rotatable bonds is 2. The second-order valence-electron chi connectivity index (χ2n) is 4.72. The summed E-state index contributed by atoms with van der Waals surface area (Å²) in [5.41, 5.74) is 4.28. The van der Waals surface area contributed by atoms with Gasteiger partial charge in [-0.15, -0.1) is 0 Å². The van der Waals surface area contributed by atoms with Gasteiger partial charge in [0, 0.05) is 31.9 Å². The maximum atomic E-state index is 9.48. The lowest BCUT2D eigenvalue weighted by Gasteiger charge is -2.37. The maximum absolute atomic E-state index is 9.48. The molecule has 3 rings (SSSR count). The number of hydrogen-bond acceptors (Lipinski definition) is 4. The Kier molecular flexibility index (Phi) is 3.09. The summed E-state index contributed by atoms with van der Waals surface area (Å²) in [5.74, 6) is 0. The number of fused-ring (bicyclic) bond motifs is 1. The van der Waals surface area contributed by atoms with Gasteiger partial charge < -0.3 is 14.9 Å². The molecule has 4 nitrogen and oxygen atoms in total. The molecule has 1 aromatic carbocycles. The van der Waals surface area contributed by atoms with E-state index in [4.69, 9.17) is 0 Å². The summed E-state index contributed by atoms with van der Waals surface area (Å²) in [6, 6.07) is 10.2. The van der Waals surface area contributed by atoms with Crippen molar-refractivity contribution in [2.24, 2.45) is 0 Å². The SMILES string of the molecule is CN1CCN(c2cnccc2CO)c2ccccc21. The van der Waals surface area contributed by atoms with Gasteiger partial charge in [-0.1, -0.05) is 12.1 Å². The molecular formula is C15H17N3O. The first-order valence-electron chi connectivity index (χ1n) is 6.42. The van der Waals surface area contributed by atoms with Gasteiger partial charge in [0.05, 0.1) is 29.9 Å². The van der Waals surface area contributed by atoms with Crippen molar-refractivity contribution in [3.05, 3.63) is 48.3 Å². The van der Waals surface area contributed by atoms with Crippen molar-refractivity contribution in [1.82, 2.24) is 4.98 Å². The Hall–Kier alpha value is -2.07. The molecule has 0 aliphatic carbocycles. The van der Waals surface area contributed by atoms with E-state index in [1.54, 1.807) is 6.20 Å². The molecule has 0 unspecified atom stereocenters. The Bertz CT molecular complexity index is 585. The molecule has 1 aliphatic rings. The van der Waals surface area contributed by atoms with E-state index in [2.05, 4.69) is 40.0 Å². The van der Waals surface area contributed by atoms with Crippen LogP contribution >= 0.6 is 0 Å². The number of aromatic nitrogens is 1. The Balaban J connectivity index is 2.10. The molecule has 0 atom stereocenters. The summed E-state index contributed by atoms with van der Waals surface area (Å²) >= 11 is 0. The summed E-state index contributed by atoms with van der Waals surface area (Å²) in [6.45, 7) is 1.88. The number of aliphatic hydroxyl groups is 1. The molecule has 0 radical (unpaired) electrons. The highest BCUT2D eigenvalue weighted by Gasteiger charge is 2.22. The van der Waals surface area contributed by atoms with Crippen LogP contribution in [0.4, 0.5) is 17.1 Å². The number of likely N-dealkylation sites (N-methyl/N-ethyl adjacent to an activating group) is 1. The molecule has 19 heavy (non-hydrogen) atoms. The highest BCUT2D eigenvalue weighted by Crippen LogP contribution is 2.37. The van der Waals surface area contributed by atoms with Gasteiger partial charge in [-0.05, 0) is 18.2 Å². The first-order valence-corrected chi connectivity index (χ1v) is 6.42. The van der Waals surface area contributed by atoms with Crippen molar-refractivity contribution >= 4 is 17.1 Å². The zero-order valence-electron chi connectivity index (χ0n) is 11.0. The van der Waals surface area contributed by atoms with Crippen LogP contribution in [0.2, 0.25) is 0 Å². The number of nitrogens with zero attached hydrogens (tertiary/aromatic N) is 3. The van der Waals surface area contributed by atoms with Gasteiger partial charge in [0.1, 0.15) is 0 Å². The first-order chi connectivity index (χ1) is 9.31. The molecule has 2 aromatic rings. The minimum Gasteiger partial charge on any atom is -0.392 e. The van der Waals surface area contributed by atoms with E-state index < -0.39 is 0 Å². The van der Waals surface area contributed by atoms with Crippen molar-refractivity contribution < 1.29 is 5.11 Å². The van der Waals surface area contributed by atoms with Crippen LogP contribution in [-0.4, -0.2) is 30.2 Å². The fourth-order valence-electron chi connectivity index (χ4n) is 2.55. The molecule has 1 aromatic heterocycles. The molecule has 0 fully saturated rings. The minimum atomic E-state index is 0.0341.